The Labute approximate surface area is 469 Å². The number of carbonyl (C=O) groups is 6. The molecule has 20 nitrogen and oxygen atoms in total. The SMILES string of the molecule is O=C(Cc1cccs1)NC1C(=O)N2C(C(=O)O)=C(COc3ccccc3-c3nc4ccccc4c(=O)[nH]3)CSC12.O=C(Cc1cccs1)NC1C(=O)N2C(C(=O)O)C(COc3ccccc3-c3nc4ccccc4c(=O)[nH]3)=CSC12. The molecule has 404 valence electrons. The highest BCUT2D eigenvalue weighted by molar-refractivity contribution is 8.03. The second-order valence-corrected chi connectivity index (χ2v) is 22.6. The minimum Gasteiger partial charge on any atom is -0.488 e. The number of aromatic amines is 2. The van der Waals surface area contributed by atoms with Crippen molar-refractivity contribution in [1.82, 2.24) is 40.4 Å². The number of ether oxygens (including phenoxy) is 2. The van der Waals surface area contributed by atoms with Crippen LogP contribution in [0.25, 0.3) is 44.6 Å². The van der Waals surface area contributed by atoms with E-state index in [1.807, 2.05) is 35.0 Å². The molecule has 5 unspecified atom stereocenters. The van der Waals surface area contributed by atoms with Crippen LogP contribution in [0.1, 0.15) is 9.75 Å². The van der Waals surface area contributed by atoms with E-state index < -0.39 is 52.6 Å². The maximum atomic E-state index is 13.0. The standard InChI is InChI=1S/2C28H22N4O6S2/c2*33-21(12-16-6-5-11-39-16)30-22-26(35)32-23(28(36)37)15(14-40-27(22)32)13-38-20-10-4-2-8-18(20)24-29-19-9-3-1-7-17(19)25(34)31-24/h1-11,22,27H,12-14H2,(H,30,33)(H,36,37)(H,29,31,34);1-11,14,22-23,27H,12-13H2,(H,30,33)(H,36,37)(H,29,31,34). The number of carboxylic acid groups (broad SMARTS) is 2. The number of thioether (sulfide) groups is 2. The summed E-state index contributed by atoms with van der Waals surface area (Å²) in [6.07, 6.45) is 0.323. The number of nitrogens with zero attached hydrogens (tertiary/aromatic N) is 4. The van der Waals surface area contributed by atoms with Gasteiger partial charge in [0, 0.05) is 26.7 Å². The van der Waals surface area contributed by atoms with Crippen LogP contribution in [-0.4, -0.2) is 123 Å². The zero-order valence-corrected chi connectivity index (χ0v) is 44.9. The lowest BCUT2D eigenvalue weighted by molar-refractivity contribution is -0.160. The predicted molar refractivity (Wildman–Crippen MR) is 302 cm³/mol. The molecular formula is C56H44N8O12S4. The molecular weight excluding hydrogens is 1100 g/mol. The molecule has 2 saturated heterocycles. The summed E-state index contributed by atoms with van der Waals surface area (Å²) in [6, 6.07) is 32.6. The molecule has 4 aliphatic heterocycles. The number of nitrogens with one attached hydrogen (secondary N) is 4. The lowest BCUT2D eigenvalue weighted by Crippen LogP contribution is -2.74. The van der Waals surface area contributed by atoms with E-state index in [2.05, 4.69) is 30.6 Å². The van der Waals surface area contributed by atoms with Crippen molar-refractivity contribution in [2.75, 3.05) is 19.0 Å². The molecule has 4 aromatic heterocycles. The van der Waals surface area contributed by atoms with Crippen LogP contribution in [-0.2, 0) is 41.6 Å². The number of aliphatic carboxylic acids is 2. The van der Waals surface area contributed by atoms with Gasteiger partial charge in [-0.25, -0.2) is 19.6 Å². The molecule has 0 saturated carbocycles. The van der Waals surface area contributed by atoms with E-state index in [-0.39, 0.29) is 54.7 Å². The number of hydrogen-bond donors (Lipinski definition) is 6. The van der Waals surface area contributed by atoms with Gasteiger partial charge in [0.05, 0.1) is 45.8 Å². The molecule has 0 radical (unpaired) electrons. The Balaban J connectivity index is 0.000000169. The van der Waals surface area contributed by atoms with Crippen LogP contribution in [0.4, 0.5) is 0 Å². The number of benzene rings is 4. The van der Waals surface area contributed by atoms with Gasteiger partial charge in [-0.15, -0.1) is 46.2 Å². The quantitative estimate of drug-likeness (QED) is 0.0603. The van der Waals surface area contributed by atoms with Crippen molar-refractivity contribution in [1.29, 1.82) is 0 Å². The van der Waals surface area contributed by atoms with Crippen LogP contribution in [0.3, 0.4) is 0 Å². The first-order chi connectivity index (χ1) is 38.8. The Hall–Kier alpha value is -8.84. The Morgan fingerprint density at radius 3 is 1.66 bits per heavy atom. The second-order valence-electron chi connectivity index (χ2n) is 18.4. The average molecular weight is 1150 g/mol. The number of hydrogen-bond acceptors (Lipinski definition) is 16. The first-order valence-electron chi connectivity index (χ1n) is 24.7. The van der Waals surface area contributed by atoms with Crippen LogP contribution in [0, 0.1) is 0 Å². The zero-order valence-electron chi connectivity index (χ0n) is 41.6. The first-order valence-corrected chi connectivity index (χ1v) is 28.4. The third-order valence-electron chi connectivity index (χ3n) is 13.3. The van der Waals surface area contributed by atoms with Gasteiger partial charge in [-0.3, -0.25) is 33.7 Å². The molecule has 8 aromatic rings. The largest absolute Gasteiger partial charge is 0.488 e. The fraction of sp³-hybridized carbons (Fsp3) is 0.179. The molecule has 6 N–H and O–H groups in total. The molecule has 0 bridgehead atoms. The number of β-lactam (4-membered cyclic amide) rings is 2. The molecule has 4 aliphatic rings. The van der Waals surface area contributed by atoms with Gasteiger partial charge in [-0.1, -0.05) is 60.7 Å². The highest BCUT2D eigenvalue weighted by Gasteiger charge is 2.56. The molecule has 8 heterocycles. The van der Waals surface area contributed by atoms with E-state index in [0.717, 1.165) is 9.75 Å². The number of para-hydroxylation sites is 4. The maximum absolute atomic E-state index is 13.0. The minimum absolute atomic E-state index is 0.0879. The van der Waals surface area contributed by atoms with Crippen LogP contribution in [0.15, 0.2) is 164 Å². The number of carboxylic acids is 2. The van der Waals surface area contributed by atoms with E-state index in [9.17, 15) is 48.6 Å². The zero-order chi connectivity index (χ0) is 55.6. The predicted octanol–water partition coefficient (Wildman–Crippen LogP) is 6.02. The highest BCUT2D eigenvalue weighted by atomic mass is 32.2. The number of amides is 4. The fourth-order valence-corrected chi connectivity index (χ4v) is 13.5. The van der Waals surface area contributed by atoms with E-state index in [4.69, 9.17) is 9.47 Å². The van der Waals surface area contributed by atoms with E-state index >= 15 is 0 Å². The van der Waals surface area contributed by atoms with Gasteiger partial charge < -0.3 is 45.2 Å². The summed E-state index contributed by atoms with van der Waals surface area (Å²) in [6.45, 7) is -0.194. The maximum Gasteiger partial charge on any atom is 0.352 e. The van der Waals surface area contributed by atoms with Crippen LogP contribution >= 0.6 is 46.2 Å². The van der Waals surface area contributed by atoms with Crippen molar-refractivity contribution in [3.05, 3.63) is 185 Å². The van der Waals surface area contributed by atoms with Gasteiger partial charge in [-0.2, -0.15) is 0 Å². The smallest absolute Gasteiger partial charge is 0.352 e. The fourth-order valence-electron chi connectivity index (χ4n) is 9.54. The lowest BCUT2D eigenvalue weighted by Gasteiger charge is -2.51. The lowest BCUT2D eigenvalue weighted by atomic mass is 9.98. The molecule has 80 heavy (non-hydrogen) atoms. The molecule has 0 aliphatic carbocycles. The van der Waals surface area contributed by atoms with Crippen LogP contribution in [0.5, 0.6) is 11.5 Å². The number of rotatable bonds is 16. The van der Waals surface area contributed by atoms with Crippen LogP contribution in [0.2, 0.25) is 0 Å². The monoisotopic (exact) mass is 1150 g/mol. The van der Waals surface area contributed by atoms with Gasteiger partial charge in [0.25, 0.3) is 17.0 Å². The van der Waals surface area contributed by atoms with Crippen molar-refractivity contribution in [2.24, 2.45) is 0 Å². The van der Waals surface area contributed by atoms with Gasteiger partial charge in [0.2, 0.25) is 17.7 Å². The van der Waals surface area contributed by atoms with Gasteiger partial charge in [0.15, 0.2) is 6.04 Å². The van der Waals surface area contributed by atoms with E-state index in [1.165, 1.54) is 56.0 Å². The molecule has 12 rings (SSSR count). The molecule has 4 aromatic carbocycles. The van der Waals surface area contributed by atoms with Crippen molar-refractivity contribution < 1.29 is 48.5 Å². The number of aromatic nitrogens is 4. The van der Waals surface area contributed by atoms with Crippen LogP contribution < -0.4 is 31.2 Å². The molecule has 0 spiro atoms. The van der Waals surface area contributed by atoms with Crippen molar-refractivity contribution in [2.45, 2.75) is 41.7 Å². The topological polar surface area (TPSA) is 283 Å². The van der Waals surface area contributed by atoms with Gasteiger partial charge >= 0.3 is 11.9 Å². The van der Waals surface area contributed by atoms with E-state index in [0.29, 0.717) is 73.0 Å². The van der Waals surface area contributed by atoms with Gasteiger partial charge in [-0.05, 0) is 76.8 Å². The molecule has 5 atom stereocenters. The number of carbonyl (C=O) groups excluding carboxylic acids is 4. The van der Waals surface area contributed by atoms with Crippen molar-refractivity contribution in [3.8, 4) is 34.3 Å². The van der Waals surface area contributed by atoms with Gasteiger partial charge in [0.1, 0.15) is 64.9 Å². The minimum atomic E-state index is -1.24. The number of H-pyrrole nitrogens is 2. The molecule has 2 fully saturated rings. The van der Waals surface area contributed by atoms with E-state index in [1.54, 1.807) is 102 Å². The Kier molecular flexibility index (Phi) is 15.2. The third kappa shape index (κ3) is 10.7. The molecule has 4 amide bonds. The summed E-state index contributed by atoms with van der Waals surface area (Å²) >= 11 is 5.55. The Morgan fingerprint density at radius 2 is 1.14 bits per heavy atom. The summed E-state index contributed by atoms with van der Waals surface area (Å²) in [5.74, 6) is -2.18. The average Bonchev–Trinajstić information content (AvgIpc) is 4.20. The second kappa shape index (κ2) is 22.9. The summed E-state index contributed by atoms with van der Waals surface area (Å²) in [5.41, 5.74) is 2.27. The van der Waals surface area contributed by atoms with Crippen molar-refractivity contribution in [3.63, 3.8) is 0 Å². The summed E-state index contributed by atoms with van der Waals surface area (Å²) in [4.78, 5) is 120. The summed E-state index contributed by atoms with van der Waals surface area (Å²) in [5, 5.41) is 30.8. The molecule has 24 heteroatoms. The Morgan fingerprint density at radius 1 is 0.625 bits per heavy atom. The third-order valence-corrected chi connectivity index (χ3v) is 17.6. The highest BCUT2D eigenvalue weighted by Crippen LogP contribution is 2.42. The first kappa shape index (κ1) is 53.2. The number of thiophene rings is 2. The summed E-state index contributed by atoms with van der Waals surface area (Å²) in [7, 11) is 0. The Bertz CT molecular complexity index is 3910. The number of fused-ring (bicyclic) bond motifs is 4. The normalized spacial score (nSPS) is 19.1. The van der Waals surface area contributed by atoms with Crippen molar-refractivity contribution >= 4 is 104 Å². The summed E-state index contributed by atoms with van der Waals surface area (Å²) < 4.78 is 12.1.